The van der Waals surface area contributed by atoms with Crippen molar-refractivity contribution in [2.24, 2.45) is 5.92 Å². The van der Waals surface area contributed by atoms with Crippen LogP contribution in [-0.4, -0.2) is 45.8 Å². The maximum atomic E-state index is 12.3. The summed E-state index contributed by atoms with van der Waals surface area (Å²) < 4.78 is 15.7. The normalized spacial score (nSPS) is 18.3. The van der Waals surface area contributed by atoms with Gasteiger partial charge in [0.2, 0.25) is 0 Å². The second-order valence-corrected chi connectivity index (χ2v) is 7.57. The zero-order chi connectivity index (χ0) is 18.6. The number of amides is 1. The van der Waals surface area contributed by atoms with Crippen LogP contribution < -0.4 is 0 Å². The standard InChI is InChI=1S/C17H27N3O5/c1-11(2)14-18-13(25-19-14)10-23-15(21)12-7-6-8-20(9-12)16(22)24-17(3,4)5/h11-12H,6-10H2,1-5H3. The number of likely N-dealkylation sites (tertiary alicyclic amines) is 1. The van der Waals surface area contributed by atoms with Crippen molar-refractivity contribution in [2.45, 2.75) is 65.6 Å². The van der Waals surface area contributed by atoms with Crippen molar-refractivity contribution in [3.8, 4) is 0 Å². The summed E-state index contributed by atoms with van der Waals surface area (Å²) in [5.74, 6) is 0.275. The van der Waals surface area contributed by atoms with Crippen LogP contribution in [0.25, 0.3) is 0 Å². The molecule has 0 saturated carbocycles. The summed E-state index contributed by atoms with van der Waals surface area (Å²) in [5.41, 5.74) is -0.559. The number of piperidine rings is 1. The predicted molar refractivity (Wildman–Crippen MR) is 88.7 cm³/mol. The lowest BCUT2D eigenvalue weighted by Crippen LogP contribution is -2.45. The molecule has 2 heterocycles. The first-order chi connectivity index (χ1) is 11.7. The smallest absolute Gasteiger partial charge is 0.410 e. The molecular weight excluding hydrogens is 326 g/mol. The fourth-order valence-corrected chi connectivity index (χ4v) is 2.47. The van der Waals surface area contributed by atoms with E-state index in [0.717, 1.165) is 6.42 Å². The maximum Gasteiger partial charge on any atom is 0.410 e. The summed E-state index contributed by atoms with van der Waals surface area (Å²) >= 11 is 0. The van der Waals surface area contributed by atoms with Crippen LogP contribution in [0.4, 0.5) is 4.79 Å². The minimum Gasteiger partial charge on any atom is -0.455 e. The Morgan fingerprint density at radius 3 is 2.68 bits per heavy atom. The van der Waals surface area contributed by atoms with Crippen LogP contribution in [-0.2, 0) is 20.9 Å². The summed E-state index contributed by atoms with van der Waals surface area (Å²) in [6.45, 7) is 10.2. The number of aromatic nitrogens is 2. The number of rotatable bonds is 4. The van der Waals surface area contributed by atoms with E-state index in [1.165, 1.54) is 0 Å². The van der Waals surface area contributed by atoms with Gasteiger partial charge in [0.15, 0.2) is 12.4 Å². The second-order valence-electron chi connectivity index (χ2n) is 7.57. The van der Waals surface area contributed by atoms with Crippen LogP contribution >= 0.6 is 0 Å². The summed E-state index contributed by atoms with van der Waals surface area (Å²) in [6.07, 6.45) is 1.01. The Balaban J connectivity index is 1.85. The Kier molecular flexibility index (Phi) is 6.02. The number of ether oxygens (including phenoxy) is 2. The number of hydrogen-bond donors (Lipinski definition) is 0. The minimum atomic E-state index is -0.559. The molecule has 8 heteroatoms. The fraction of sp³-hybridized carbons (Fsp3) is 0.765. The highest BCUT2D eigenvalue weighted by atomic mass is 16.6. The molecule has 0 N–H and O–H groups in total. The molecule has 1 aliphatic rings. The summed E-state index contributed by atoms with van der Waals surface area (Å²) in [5, 5.41) is 3.83. The van der Waals surface area contributed by atoms with Gasteiger partial charge in [-0.25, -0.2) is 4.79 Å². The highest BCUT2D eigenvalue weighted by molar-refractivity contribution is 5.75. The molecule has 0 aromatic carbocycles. The zero-order valence-electron chi connectivity index (χ0n) is 15.6. The van der Waals surface area contributed by atoms with Crippen LogP contribution in [0.3, 0.4) is 0 Å². The molecule has 1 saturated heterocycles. The van der Waals surface area contributed by atoms with E-state index in [1.54, 1.807) is 4.90 Å². The van der Waals surface area contributed by atoms with Gasteiger partial charge in [-0.3, -0.25) is 4.79 Å². The Morgan fingerprint density at radius 1 is 1.36 bits per heavy atom. The maximum absolute atomic E-state index is 12.3. The quantitative estimate of drug-likeness (QED) is 0.768. The molecule has 8 nitrogen and oxygen atoms in total. The molecule has 0 bridgehead atoms. The van der Waals surface area contributed by atoms with Crippen molar-refractivity contribution in [3.63, 3.8) is 0 Å². The van der Waals surface area contributed by atoms with Crippen molar-refractivity contribution in [2.75, 3.05) is 13.1 Å². The lowest BCUT2D eigenvalue weighted by molar-refractivity contribution is -0.152. The zero-order valence-corrected chi connectivity index (χ0v) is 15.6. The number of nitrogens with zero attached hydrogens (tertiary/aromatic N) is 3. The van der Waals surface area contributed by atoms with Gasteiger partial charge in [0.05, 0.1) is 5.92 Å². The average molecular weight is 353 g/mol. The highest BCUT2D eigenvalue weighted by Crippen LogP contribution is 2.21. The van der Waals surface area contributed by atoms with E-state index in [2.05, 4.69) is 10.1 Å². The monoisotopic (exact) mass is 353 g/mol. The van der Waals surface area contributed by atoms with Gasteiger partial charge in [0, 0.05) is 19.0 Å². The molecule has 25 heavy (non-hydrogen) atoms. The van der Waals surface area contributed by atoms with E-state index in [1.807, 2.05) is 34.6 Å². The summed E-state index contributed by atoms with van der Waals surface area (Å²) in [6, 6.07) is 0. The van der Waals surface area contributed by atoms with Crippen LogP contribution in [0.15, 0.2) is 4.52 Å². The Morgan fingerprint density at radius 2 is 2.08 bits per heavy atom. The van der Waals surface area contributed by atoms with Gasteiger partial charge in [-0.05, 0) is 33.6 Å². The second kappa shape index (κ2) is 7.84. The molecule has 1 fully saturated rings. The third-order valence-electron chi connectivity index (χ3n) is 3.74. The minimum absolute atomic E-state index is 0.0541. The van der Waals surface area contributed by atoms with Gasteiger partial charge in [0.25, 0.3) is 5.89 Å². The molecule has 0 aliphatic carbocycles. The Labute approximate surface area is 147 Å². The van der Waals surface area contributed by atoms with Gasteiger partial charge < -0.3 is 18.9 Å². The summed E-state index contributed by atoms with van der Waals surface area (Å²) in [7, 11) is 0. The van der Waals surface area contributed by atoms with E-state index >= 15 is 0 Å². The van der Waals surface area contributed by atoms with Crippen LogP contribution in [0.5, 0.6) is 0 Å². The third kappa shape index (κ3) is 5.72. The van der Waals surface area contributed by atoms with Gasteiger partial charge >= 0.3 is 12.1 Å². The van der Waals surface area contributed by atoms with Crippen LogP contribution in [0, 0.1) is 5.92 Å². The molecule has 1 amide bonds. The van der Waals surface area contributed by atoms with E-state index in [-0.39, 0.29) is 30.3 Å². The SMILES string of the molecule is CC(C)c1noc(COC(=O)C2CCCN(C(=O)OC(C)(C)C)C2)n1. The van der Waals surface area contributed by atoms with Crippen LogP contribution in [0.2, 0.25) is 0 Å². The van der Waals surface area contributed by atoms with Gasteiger partial charge in [0.1, 0.15) is 5.60 Å². The van der Waals surface area contributed by atoms with Crippen molar-refractivity contribution < 1.29 is 23.6 Å². The molecule has 1 atom stereocenters. The molecule has 140 valence electrons. The molecule has 0 radical (unpaired) electrons. The average Bonchev–Trinajstić information content (AvgIpc) is 3.00. The molecule has 1 unspecified atom stereocenters. The first-order valence-corrected chi connectivity index (χ1v) is 8.62. The lowest BCUT2D eigenvalue weighted by Gasteiger charge is -2.33. The fourth-order valence-electron chi connectivity index (χ4n) is 2.47. The lowest BCUT2D eigenvalue weighted by atomic mass is 9.98. The molecule has 1 aromatic heterocycles. The van der Waals surface area contributed by atoms with E-state index in [9.17, 15) is 9.59 Å². The molecule has 0 spiro atoms. The van der Waals surface area contributed by atoms with E-state index in [4.69, 9.17) is 14.0 Å². The van der Waals surface area contributed by atoms with E-state index < -0.39 is 11.7 Å². The molecule has 1 aromatic rings. The number of carbonyl (C=O) groups is 2. The predicted octanol–water partition coefficient (Wildman–Crippen LogP) is 2.88. The number of esters is 1. The Hall–Kier alpha value is -2.12. The first-order valence-electron chi connectivity index (χ1n) is 8.62. The van der Waals surface area contributed by atoms with Crippen molar-refractivity contribution in [1.82, 2.24) is 15.0 Å². The van der Waals surface area contributed by atoms with Crippen LogP contribution in [0.1, 0.15) is 65.1 Å². The number of hydrogen-bond acceptors (Lipinski definition) is 7. The van der Waals surface area contributed by atoms with Gasteiger partial charge in [-0.2, -0.15) is 4.98 Å². The third-order valence-corrected chi connectivity index (χ3v) is 3.74. The van der Waals surface area contributed by atoms with Gasteiger partial charge in [-0.1, -0.05) is 19.0 Å². The topological polar surface area (TPSA) is 94.8 Å². The molecular formula is C17H27N3O5. The Bertz CT molecular complexity index is 606. The van der Waals surface area contributed by atoms with Crippen molar-refractivity contribution in [1.29, 1.82) is 0 Å². The van der Waals surface area contributed by atoms with E-state index in [0.29, 0.717) is 25.3 Å². The molecule has 1 aliphatic heterocycles. The van der Waals surface area contributed by atoms with Crippen molar-refractivity contribution >= 4 is 12.1 Å². The molecule has 2 rings (SSSR count). The summed E-state index contributed by atoms with van der Waals surface area (Å²) in [4.78, 5) is 30.2. The highest BCUT2D eigenvalue weighted by Gasteiger charge is 2.32. The first kappa shape index (κ1) is 19.2. The number of carbonyl (C=O) groups excluding carboxylic acids is 2. The van der Waals surface area contributed by atoms with Gasteiger partial charge in [-0.15, -0.1) is 0 Å². The van der Waals surface area contributed by atoms with Crippen molar-refractivity contribution in [3.05, 3.63) is 11.7 Å². The largest absolute Gasteiger partial charge is 0.455 e.